The molecule has 0 aromatic carbocycles. The molecule has 2 aromatic heterocycles. The molecule has 0 aliphatic carbocycles. The van der Waals surface area contributed by atoms with Crippen LogP contribution < -0.4 is 0 Å². The monoisotopic (exact) mass is 238 g/mol. The lowest BCUT2D eigenvalue weighted by molar-refractivity contribution is 0.485. The van der Waals surface area contributed by atoms with Crippen LogP contribution in [0.2, 0.25) is 5.15 Å². The summed E-state index contributed by atoms with van der Waals surface area (Å²) >= 11 is 6.41. The third-order valence-corrected chi connectivity index (χ3v) is 3.83. The molecule has 1 N–H and O–H groups in total. The van der Waals surface area contributed by atoms with E-state index in [9.17, 15) is 8.42 Å². The number of aromatic nitrogens is 2. The van der Waals surface area contributed by atoms with E-state index in [0.717, 1.165) is 11.3 Å². The molecule has 8 heteroatoms. The minimum Gasteiger partial charge on any atom is -0.295 e. The van der Waals surface area contributed by atoms with Crippen molar-refractivity contribution in [3.63, 3.8) is 0 Å². The van der Waals surface area contributed by atoms with Gasteiger partial charge in [-0.1, -0.05) is 22.9 Å². The van der Waals surface area contributed by atoms with E-state index in [-0.39, 0.29) is 9.36 Å². The Hall–Kier alpha value is -0.630. The van der Waals surface area contributed by atoms with Gasteiger partial charge < -0.3 is 0 Å². The lowest BCUT2D eigenvalue weighted by atomic mass is 10.9. The van der Waals surface area contributed by atoms with Gasteiger partial charge in [0.05, 0.1) is 0 Å². The molecule has 2 heterocycles. The first kappa shape index (κ1) is 8.95. The Balaban J connectivity index is 2.71. The Morgan fingerprint density at radius 1 is 1.54 bits per heavy atom. The summed E-state index contributed by atoms with van der Waals surface area (Å²) in [6.07, 6.45) is 2.72. The Morgan fingerprint density at radius 3 is 2.77 bits per heavy atom. The van der Waals surface area contributed by atoms with Crippen molar-refractivity contribution in [3.05, 3.63) is 17.5 Å². The molecule has 70 valence electrons. The molecule has 2 aromatic rings. The summed E-state index contributed by atoms with van der Waals surface area (Å²) in [5.74, 6) is 0. The maximum Gasteiger partial charge on any atom is 0.305 e. The van der Waals surface area contributed by atoms with Crippen molar-refractivity contribution in [2.24, 2.45) is 0 Å². The summed E-state index contributed by atoms with van der Waals surface area (Å²) in [7, 11) is -4.13. The van der Waals surface area contributed by atoms with Crippen molar-refractivity contribution < 1.29 is 13.0 Å². The molecule has 0 bridgehead atoms. The molecular formula is C5H3ClN2O3S2. The van der Waals surface area contributed by atoms with Gasteiger partial charge in [-0.15, -0.1) is 0 Å². The second-order valence-electron chi connectivity index (χ2n) is 2.28. The van der Waals surface area contributed by atoms with Gasteiger partial charge in [-0.2, -0.15) is 8.42 Å². The van der Waals surface area contributed by atoms with E-state index < -0.39 is 10.1 Å². The smallest absolute Gasteiger partial charge is 0.295 e. The highest BCUT2D eigenvalue weighted by molar-refractivity contribution is 7.88. The van der Waals surface area contributed by atoms with E-state index >= 15 is 0 Å². The summed E-state index contributed by atoms with van der Waals surface area (Å²) in [5.41, 5.74) is 0. The van der Waals surface area contributed by atoms with Crippen molar-refractivity contribution >= 4 is 38.0 Å². The summed E-state index contributed by atoms with van der Waals surface area (Å²) in [6, 6.07) is 0. The van der Waals surface area contributed by atoms with Crippen LogP contribution in [-0.2, 0) is 10.1 Å². The normalized spacial score (nSPS) is 12.5. The number of thiazole rings is 1. The van der Waals surface area contributed by atoms with Crippen LogP contribution in [-0.4, -0.2) is 22.4 Å². The molecular weight excluding hydrogens is 236 g/mol. The average molecular weight is 239 g/mol. The van der Waals surface area contributed by atoms with Gasteiger partial charge in [0.25, 0.3) is 0 Å². The zero-order chi connectivity index (χ0) is 9.64. The van der Waals surface area contributed by atoms with Crippen molar-refractivity contribution in [2.75, 3.05) is 0 Å². The predicted octanol–water partition coefficient (Wildman–Crippen LogP) is 1.30. The van der Waals surface area contributed by atoms with Crippen LogP contribution in [0.5, 0.6) is 0 Å². The molecule has 0 fully saturated rings. The highest BCUT2D eigenvalue weighted by Crippen LogP contribution is 2.23. The van der Waals surface area contributed by atoms with Crippen molar-refractivity contribution in [2.45, 2.75) is 4.21 Å². The van der Waals surface area contributed by atoms with Crippen LogP contribution in [0, 0.1) is 0 Å². The van der Waals surface area contributed by atoms with Gasteiger partial charge in [-0.05, 0) is 0 Å². The van der Waals surface area contributed by atoms with E-state index in [2.05, 4.69) is 4.98 Å². The number of hydrogen-bond donors (Lipinski definition) is 1. The second-order valence-corrected chi connectivity index (χ2v) is 5.32. The quantitative estimate of drug-likeness (QED) is 0.760. The van der Waals surface area contributed by atoms with Gasteiger partial charge in [0.1, 0.15) is 5.15 Å². The first-order valence-electron chi connectivity index (χ1n) is 3.08. The summed E-state index contributed by atoms with van der Waals surface area (Å²) < 4.78 is 31.3. The average Bonchev–Trinajstić information content (AvgIpc) is 2.40. The van der Waals surface area contributed by atoms with E-state index in [1.54, 1.807) is 0 Å². The maximum absolute atomic E-state index is 10.7. The zero-order valence-corrected chi connectivity index (χ0v) is 8.40. The Kier molecular flexibility index (Phi) is 1.84. The molecule has 0 amide bonds. The fourth-order valence-corrected chi connectivity index (χ4v) is 2.69. The van der Waals surface area contributed by atoms with E-state index in [1.807, 2.05) is 0 Å². The number of fused-ring (bicyclic) bond motifs is 1. The van der Waals surface area contributed by atoms with Gasteiger partial charge in [-0.3, -0.25) is 8.95 Å². The SMILES string of the molecule is O=S(=O)(O)c1cn2cc(Cl)nc2s1. The molecule has 13 heavy (non-hydrogen) atoms. The van der Waals surface area contributed by atoms with Crippen molar-refractivity contribution in [1.29, 1.82) is 0 Å². The minimum atomic E-state index is -4.13. The number of halogens is 1. The van der Waals surface area contributed by atoms with Crippen LogP contribution >= 0.6 is 22.9 Å². The zero-order valence-electron chi connectivity index (χ0n) is 6.01. The third kappa shape index (κ3) is 1.55. The first-order valence-corrected chi connectivity index (χ1v) is 5.72. The van der Waals surface area contributed by atoms with Crippen molar-refractivity contribution in [3.8, 4) is 0 Å². The fraction of sp³-hybridized carbons (Fsp3) is 0. The molecule has 0 saturated carbocycles. The van der Waals surface area contributed by atoms with Gasteiger partial charge in [0.15, 0.2) is 9.17 Å². The van der Waals surface area contributed by atoms with Crippen LogP contribution in [0.1, 0.15) is 0 Å². The largest absolute Gasteiger partial charge is 0.305 e. The van der Waals surface area contributed by atoms with Gasteiger partial charge >= 0.3 is 10.1 Å². The maximum atomic E-state index is 10.7. The molecule has 0 saturated heterocycles. The third-order valence-electron chi connectivity index (χ3n) is 1.36. The molecule has 0 aliphatic heterocycles. The number of rotatable bonds is 1. The molecule has 0 aliphatic rings. The molecule has 0 atom stereocenters. The number of hydrogen-bond acceptors (Lipinski definition) is 4. The predicted molar refractivity (Wildman–Crippen MR) is 47.9 cm³/mol. The molecule has 2 rings (SSSR count). The van der Waals surface area contributed by atoms with E-state index in [4.69, 9.17) is 16.2 Å². The van der Waals surface area contributed by atoms with Gasteiger partial charge in [-0.25, -0.2) is 4.98 Å². The number of imidazole rings is 1. The molecule has 5 nitrogen and oxygen atoms in total. The topological polar surface area (TPSA) is 71.7 Å². The second kappa shape index (κ2) is 2.68. The summed E-state index contributed by atoms with van der Waals surface area (Å²) in [5, 5.41) is 0.285. The lowest BCUT2D eigenvalue weighted by Gasteiger charge is -1.85. The lowest BCUT2D eigenvalue weighted by Crippen LogP contribution is -1.93. The van der Waals surface area contributed by atoms with E-state index in [1.165, 1.54) is 16.8 Å². The van der Waals surface area contributed by atoms with Gasteiger partial charge in [0.2, 0.25) is 0 Å². The summed E-state index contributed by atoms with van der Waals surface area (Å²) in [4.78, 5) is 4.25. The Bertz CT molecular complexity index is 524. The first-order chi connectivity index (χ1) is 5.97. The van der Waals surface area contributed by atoms with Crippen LogP contribution in [0.3, 0.4) is 0 Å². The van der Waals surface area contributed by atoms with Crippen LogP contribution in [0.25, 0.3) is 4.96 Å². The van der Waals surface area contributed by atoms with Crippen molar-refractivity contribution in [1.82, 2.24) is 9.38 Å². The molecule has 0 spiro atoms. The summed E-state index contributed by atoms with van der Waals surface area (Å²) in [6.45, 7) is 0. The minimum absolute atomic E-state index is 0.147. The fourth-order valence-electron chi connectivity index (χ4n) is 0.865. The van der Waals surface area contributed by atoms with Crippen LogP contribution in [0.15, 0.2) is 16.6 Å². The highest BCUT2D eigenvalue weighted by atomic mass is 35.5. The van der Waals surface area contributed by atoms with Crippen LogP contribution in [0.4, 0.5) is 0 Å². The molecule has 0 unspecified atom stereocenters. The Morgan fingerprint density at radius 2 is 2.23 bits per heavy atom. The van der Waals surface area contributed by atoms with E-state index in [0.29, 0.717) is 4.96 Å². The Labute approximate surface area is 82.3 Å². The van der Waals surface area contributed by atoms with Gasteiger partial charge in [0, 0.05) is 12.4 Å². The standard InChI is InChI=1S/C5H3ClN2O3S2/c6-3-1-8-2-4(13(9,10)11)12-5(8)7-3/h1-2H,(H,9,10,11). The highest BCUT2D eigenvalue weighted by Gasteiger charge is 2.15. The molecule has 0 radical (unpaired) electrons. The number of nitrogens with zero attached hydrogens (tertiary/aromatic N) is 2.